The predicted molar refractivity (Wildman–Crippen MR) is 92.2 cm³/mol. The van der Waals surface area contributed by atoms with Crippen LogP contribution in [0.1, 0.15) is 22.5 Å². The van der Waals surface area contributed by atoms with Crippen molar-refractivity contribution in [3.8, 4) is 5.75 Å². The van der Waals surface area contributed by atoms with Crippen LogP contribution < -0.4 is 5.32 Å². The quantitative estimate of drug-likeness (QED) is 0.742. The number of carbonyl (C=O) groups is 1. The lowest BCUT2D eigenvalue weighted by Crippen LogP contribution is -2.37. The third kappa shape index (κ3) is 3.23. The summed E-state index contributed by atoms with van der Waals surface area (Å²) in [7, 11) is 0. The van der Waals surface area contributed by atoms with Crippen LogP contribution in [0.25, 0.3) is 5.65 Å². The first kappa shape index (κ1) is 16.5. The zero-order chi connectivity index (χ0) is 18.1. The first-order chi connectivity index (χ1) is 12.6. The smallest absolute Gasteiger partial charge is 0.271 e. The van der Waals surface area contributed by atoms with E-state index in [4.69, 9.17) is 0 Å². The highest BCUT2D eigenvalue weighted by Crippen LogP contribution is 2.20. The fourth-order valence-electron chi connectivity index (χ4n) is 3.25. The van der Waals surface area contributed by atoms with Crippen LogP contribution in [0.2, 0.25) is 0 Å². The van der Waals surface area contributed by atoms with E-state index < -0.39 is 5.82 Å². The summed E-state index contributed by atoms with van der Waals surface area (Å²) in [6.07, 6.45) is 3.95. The van der Waals surface area contributed by atoms with Gasteiger partial charge in [-0.25, -0.2) is 13.9 Å². The number of carbonyl (C=O) groups excluding carboxylic acids is 1. The molecular formula is C18H18FN5O2. The molecule has 1 aromatic carbocycles. The van der Waals surface area contributed by atoms with E-state index in [2.05, 4.69) is 20.3 Å². The van der Waals surface area contributed by atoms with Crippen molar-refractivity contribution in [2.75, 3.05) is 13.1 Å². The Kier molecular flexibility index (Phi) is 4.26. The van der Waals surface area contributed by atoms with E-state index in [1.165, 1.54) is 22.8 Å². The van der Waals surface area contributed by atoms with E-state index in [1.807, 2.05) is 0 Å². The number of hydrogen-bond acceptors (Lipinski definition) is 5. The van der Waals surface area contributed by atoms with Crippen molar-refractivity contribution < 1.29 is 14.3 Å². The van der Waals surface area contributed by atoms with E-state index in [-0.39, 0.29) is 17.7 Å². The molecule has 3 heterocycles. The molecule has 7 nitrogen and oxygen atoms in total. The Hall–Kier alpha value is -3.00. The molecule has 1 aliphatic heterocycles. The molecular weight excluding hydrogens is 337 g/mol. The highest BCUT2D eigenvalue weighted by molar-refractivity contribution is 5.93. The number of halogens is 1. The molecule has 2 aromatic heterocycles. The minimum Gasteiger partial charge on any atom is -0.505 e. The summed E-state index contributed by atoms with van der Waals surface area (Å²) in [4.78, 5) is 18.9. The summed E-state index contributed by atoms with van der Waals surface area (Å²) in [6.45, 7) is 2.10. The van der Waals surface area contributed by atoms with Crippen molar-refractivity contribution in [1.29, 1.82) is 0 Å². The number of amides is 1. The fourth-order valence-corrected chi connectivity index (χ4v) is 3.25. The van der Waals surface area contributed by atoms with Gasteiger partial charge in [-0.1, -0.05) is 6.07 Å². The molecule has 0 radical (unpaired) electrons. The molecule has 1 fully saturated rings. The Balaban J connectivity index is 1.38. The van der Waals surface area contributed by atoms with Crippen molar-refractivity contribution >= 4 is 11.6 Å². The Morgan fingerprint density at radius 3 is 3.12 bits per heavy atom. The zero-order valence-corrected chi connectivity index (χ0v) is 14.0. The summed E-state index contributed by atoms with van der Waals surface area (Å²) in [5, 5.41) is 16.6. The molecule has 0 spiro atoms. The second kappa shape index (κ2) is 6.72. The highest BCUT2D eigenvalue weighted by Gasteiger charge is 2.25. The Bertz CT molecular complexity index is 958. The highest BCUT2D eigenvalue weighted by atomic mass is 19.1. The first-order valence-corrected chi connectivity index (χ1v) is 8.39. The Labute approximate surface area is 149 Å². The average Bonchev–Trinajstić information content (AvgIpc) is 3.25. The van der Waals surface area contributed by atoms with Crippen molar-refractivity contribution in [3.05, 3.63) is 59.8 Å². The van der Waals surface area contributed by atoms with Crippen LogP contribution in [0, 0.1) is 5.82 Å². The van der Waals surface area contributed by atoms with Crippen LogP contribution in [0.3, 0.4) is 0 Å². The Morgan fingerprint density at radius 2 is 2.27 bits per heavy atom. The molecule has 1 unspecified atom stereocenters. The number of aromatic nitrogens is 3. The number of phenolic OH excluding ortho intramolecular Hbond substituents is 1. The zero-order valence-electron chi connectivity index (χ0n) is 14.0. The van der Waals surface area contributed by atoms with Gasteiger partial charge in [-0.3, -0.25) is 9.69 Å². The summed E-state index contributed by atoms with van der Waals surface area (Å²) in [5.41, 5.74) is 1.87. The van der Waals surface area contributed by atoms with E-state index >= 15 is 0 Å². The number of nitrogens with zero attached hydrogens (tertiary/aromatic N) is 4. The van der Waals surface area contributed by atoms with Crippen molar-refractivity contribution in [3.63, 3.8) is 0 Å². The van der Waals surface area contributed by atoms with E-state index in [0.29, 0.717) is 24.4 Å². The van der Waals surface area contributed by atoms with Crippen LogP contribution in [-0.4, -0.2) is 49.6 Å². The van der Waals surface area contributed by atoms with Gasteiger partial charge in [-0.2, -0.15) is 5.10 Å². The summed E-state index contributed by atoms with van der Waals surface area (Å²) >= 11 is 0. The lowest BCUT2D eigenvalue weighted by Gasteiger charge is -2.17. The van der Waals surface area contributed by atoms with Gasteiger partial charge in [0.15, 0.2) is 17.2 Å². The van der Waals surface area contributed by atoms with Crippen LogP contribution in [0.15, 0.2) is 42.7 Å². The molecule has 4 rings (SSSR count). The van der Waals surface area contributed by atoms with Gasteiger partial charge in [-0.05, 0) is 36.2 Å². The van der Waals surface area contributed by atoms with E-state index in [1.54, 1.807) is 24.4 Å². The van der Waals surface area contributed by atoms with Crippen LogP contribution in [0.4, 0.5) is 4.39 Å². The molecule has 8 heteroatoms. The molecule has 134 valence electrons. The third-order valence-electron chi connectivity index (χ3n) is 4.53. The topological polar surface area (TPSA) is 82.8 Å². The maximum atomic E-state index is 13.1. The number of aromatic hydroxyl groups is 1. The van der Waals surface area contributed by atoms with Gasteiger partial charge in [-0.15, -0.1) is 0 Å². The number of nitrogens with one attached hydrogen (secondary N) is 1. The molecule has 1 atom stereocenters. The lowest BCUT2D eigenvalue weighted by molar-refractivity contribution is 0.0930. The van der Waals surface area contributed by atoms with Gasteiger partial charge in [0, 0.05) is 31.9 Å². The molecule has 1 saturated heterocycles. The number of hydrogen-bond donors (Lipinski definition) is 2. The molecule has 0 aliphatic carbocycles. The second-order valence-electron chi connectivity index (χ2n) is 6.42. The minimum atomic E-state index is -0.623. The summed E-state index contributed by atoms with van der Waals surface area (Å²) in [5.74, 6) is -1.17. The standard InChI is InChI=1S/C18H18FN5O2/c19-14-4-3-12(8-16(14)25)10-23-7-5-13(11-23)22-18(26)15-9-20-17-2-1-6-21-24(15)17/h1-4,6,8-9,13,25H,5,7,10-11H2,(H,22,26). The number of fused-ring (bicyclic) bond motifs is 1. The molecule has 2 N–H and O–H groups in total. The van der Waals surface area contributed by atoms with Crippen molar-refractivity contribution in [2.45, 2.75) is 19.0 Å². The lowest BCUT2D eigenvalue weighted by atomic mass is 10.2. The molecule has 26 heavy (non-hydrogen) atoms. The van der Waals surface area contributed by atoms with Gasteiger partial charge < -0.3 is 10.4 Å². The number of likely N-dealkylation sites (tertiary alicyclic amines) is 1. The number of rotatable bonds is 4. The van der Waals surface area contributed by atoms with E-state index in [0.717, 1.165) is 18.5 Å². The van der Waals surface area contributed by atoms with Gasteiger partial charge in [0.25, 0.3) is 5.91 Å². The third-order valence-corrected chi connectivity index (χ3v) is 4.53. The van der Waals surface area contributed by atoms with Crippen LogP contribution in [0.5, 0.6) is 5.75 Å². The SMILES string of the molecule is O=C(NC1CCN(Cc2ccc(F)c(O)c2)C1)c1cnc2cccnn12. The van der Waals surface area contributed by atoms with Gasteiger partial charge in [0.1, 0.15) is 5.69 Å². The number of benzene rings is 1. The van der Waals surface area contributed by atoms with Crippen molar-refractivity contribution in [2.24, 2.45) is 0 Å². The fraction of sp³-hybridized carbons (Fsp3) is 0.278. The van der Waals surface area contributed by atoms with E-state index in [9.17, 15) is 14.3 Å². The maximum absolute atomic E-state index is 13.1. The monoisotopic (exact) mass is 355 g/mol. The molecule has 1 amide bonds. The molecule has 0 saturated carbocycles. The minimum absolute atomic E-state index is 0.0193. The Morgan fingerprint density at radius 1 is 1.38 bits per heavy atom. The predicted octanol–water partition coefficient (Wildman–Crippen LogP) is 1.58. The van der Waals surface area contributed by atoms with Crippen LogP contribution >= 0.6 is 0 Å². The largest absolute Gasteiger partial charge is 0.505 e. The maximum Gasteiger partial charge on any atom is 0.271 e. The molecule has 3 aromatic rings. The first-order valence-electron chi connectivity index (χ1n) is 8.39. The average molecular weight is 355 g/mol. The van der Waals surface area contributed by atoms with Crippen molar-refractivity contribution in [1.82, 2.24) is 24.8 Å². The molecule has 1 aliphatic rings. The second-order valence-corrected chi connectivity index (χ2v) is 6.42. The van der Waals surface area contributed by atoms with Gasteiger partial charge in [0.05, 0.1) is 6.20 Å². The number of phenols is 1. The van der Waals surface area contributed by atoms with Gasteiger partial charge in [0.2, 0.25) is 0 Å². The van der Waals surface area contributed by atoms with Gasteiger partial charge >= 0.3 is 0 Å². The summed E-state index contributed by atoms with van der Waals surface area (Å²) in [6, 6.07) is 7.94. The summed E-state index contributed by atoms with van der Waals surface area (Å²) < 4.78 is 14.7. The van der Waals surface area contributed by atoms with Crippen LogP contribution in [-0.2, 0) is 6.54 Å². The molecule has 0 bridgehead atoms. The number of imidazole rings is 1. The normalized spacial score (nSPS) is 17.7.